The minimum atomic E-state index is -0.175. The second-order valence-electron chi connectivity index (χ2n) is 8.00. The van der Waals surface area contributed by atoms with Crippen LogP contribution in [0.25, 0.3) is 11.3 Å². The van der Waals surface area contributed by atoms with Gasteiger partial charge in [-0.15, -0.1) is 0 Å². The van der Waals surface area contributed by atoms with Gasteiger partial charge in [-0.1, -0.05) is 18.2 Å². The highest BCUT2D eigenvalue weighted by atomic mass is 32.1. The van der Waals surface area contributed by atoms with Gasteiger partial charge in [-0.2, -0.15) is 0 Å². The number of nitrogens with zero attached hydrogens (tertiary/aromatic N) is 2. The molecule has 166 valence electrons. The van der Waals surface area contributed by atoms with Crippen molar-refractivity contribution < 1.29 is 9.15 Å². The monoisotopic (exact) mass is 455 g/mol. The number of thiocarbonyl (C=S) groups is 1. The molecule has 0 amide bonds. The van der Waals surface area contributed by atoms with Gasteiger partial charge in [0.2, 0.25) is 0 Å². The van der Waals surface area contributed by atoms with Gasteiger partial charge in [0.25, 0.3) is 0 Å². The molecule has 2 atom stereocenters. The number of aromatic nitrogens is 1. The summed E-state index contributed by atoms with van der Waals surface area (Å²) in [5.41, 5.74) is 4.11. The van der Waals surface area contributed by atoms with Crippen LogP contribution < -0.4 is 15.0 Å². The van der Waals surface area contributed by atoms with Crippen molar-refractivity contribution in [3.05, 3.63) is 102 Å². The van der Waals surface area contributed by atoms with Crippen molar-refractivity contribution in [3.8, 4) is 17.1 Å². The molecular formula is C27H25N3O2S. The number of nitrogens with one attached hydrogen (secondary N) is 1. The number of pyridine rings is 1. The van der Waals surface area contributed by atoms with Crippen LogP contribution in [0, 0.1) is 6.92 Å². The van der Waals surface area contributed by atoms with E-state index in [1.54, 1.807) is 6.20 Å². The maximum absolute atomic E-state index is 6.43. The van der Waals surface area contributed by atoms with Crippen LogP contribution in [0.3, 0.4) is 0 Å². The molecule has 1 fully saturated rings. The van der Waals surface area contributed by atoms with Crippen molar-refractivity contribution in [1.82, 2.24) is 10.3 Å². The maximum Gasteiger partial charge on any atom is 0.174 e. The minimum Gasteiger partial charge on any atom is -0.494 e. The largest absolute Gasteiger partial charge is 0.494 e. The predicted octanol–water partition coefficient (Wildman–Crippen LogP) is 6.23. The molecule has 2 aromatic heterocycles. The Balaban J connectivity index is 1.55. The first-order valence-corrected chi connectivity index (χ1v) is 11.4. The molecule has 3 heterocycles. The Morgan fingerprint density at radius 2 is 1.88 bits per heavy atom. The molecule has 5 rings (SSSR count). The van der Waals surface area contributed by atoms with Gasteiger partial charge < -0.3 is 19.4 Å². The van der Waals surface area contributed by atoms with Gasteiger partial charge in [0.1, 0.15) is 23.3 Å². The van der Waals surface area contributed by atoms with Gasteiger partial charge in [0.15, 0.2) is 5.11 Å². The number of aryl methyl sites for hydroxylation is 1. The third-order valence-electron chi connectivity index (χ3n) is 5.75. The SMILES string of the molecule is CCOc1ccc(-c2ccc([C@H]3[C@H](c4ccccn4)NC(=S)N3c3cccc(C)c3)o2)cc1. The van der Waals surface area contributed by atoms with Gasteiger partial charge in [-0.25, -0.2) is 0 Å². The van der Waals surface area contributed by atoms with Crippen LogP contribution in [-0.4, -0.2) is 16.7 Å². The molecule has 2 aromatic carbocycles. The van der Waals surface area contributed by atoms with Gasteiger partial charge in [-0.3, -0.25) is 4.98 Å². The van der Waals surface area contributed by atoms with E-state index in [4.69, 9.17) is 21.4 Å². The Morgan fingerprint density at radius 1 is 1.03 bits per heavy atom. The smallest absolute Gasteiger partial charge is 0.174 e. The van der Waals surface area contributed by atoms with Crippen molar-refractivity contribution in [1.29, 1.82) is 0 Å². The lowest BCUT2D eigenvalue weighted by molar-refractivity contribution is 0.340. The zero-order valence-corrected chi connectivity index (χ0v) is 19.4. The topological polar surface area (TPSA) is 50.5 Å². The third-order valence-corrected chi connectivity index (χ3v) is 6.06. The predicted molar refractivity (Wildman–Crippen MR) is 134 cm³/mol. The van der Waals surface area contributed by atoms with Crippen molar-refractivity contribution in [2.45, 2.75) is 25.9 Å². The van der Waals surface area contributed by atoms with Crippen molar-refractivity contribution >= 4 is 23.0 Å². The van der Waals surface area contributed by atoms with Crippen LogP contribution in [0.4, 0.5) is 5.69 Å². The Hall–Kier alpha value is -3.64. The third kappa shape index (κ3) is 4.22. The number of ether oxygens (including phenoxy) is 1. The van der Waals surface area contributed by atoms with E-state index in [1.807, 2.05) is 67.6 Å². The van der Waals surface area contributed by atoms with E-state index in [1.165, 1.54) is 5.56 Å². The van der Waals surface area contributed by atoms with Crippen molar-refractivity contribution in [2.24, 2.45) is 0 Å². The summed E-state index contributed by atoms with van der Waals surface area (Å²) in [5.74, 6) is 2.47. The van der Waals surface area contributed by atoms with Crippen molar-refractivity contribution in [3.63, 3.8) is 0 Å². The zero-order chi connectivity index (χ0) is 22.8. The molecule has 0 spiro atoms. The Morgan fingerprint density at radius 3 is 2.61 bits per heavy atom. The minimum absolute atomic E-state index is 0.140. The summed E-state index contributed by atoms with van der Waals surface area (Å²) >= 11 is 5.79. The van der Waals surface area contributed by atoms with Crippen LogP contribution in [-0.2, 0) is 0 Å². The van der Waals surface area contributed by atoms with Crippen LogP contribution in [0.5, 0.6) is 5.75 Å². The van der Waals surface area contributed by atoms with E-state index in [0.29, 0.717) is 11.7 Å². The number of rotatable bonds is 6. The van der Waals surface area contributed by atoms with Crippen LogP contribution in [0.15, 0.2) is 89.5 Å². The maximum atomic E-state index is 6.43. The van der Waals surface area contributed by atoms with Crippen molar-refractivity contribution in [2.75, 3.05) is 11.5 Å². The lowest BCUT2D eigenvalue weighted by Crippen LogP contribution is -2.29. The highest BCUT2D eigenvalue weighted by Crippen LogP contribution is 2.43. The summed E-state index contributed by atoms with van der Waals surface area (Å²) < 4.78 is 12.0. The van der Waals surface area contributed by atoms with Crippen LogP contribution in [0.2, 0.25) is 0 Å². The summed E-state index contributed by atoms with van der Waals surface area (Å²) in [5, 5.41) is 4.13. The van der Waals surface area contributed by atoms with Crippen LogP contribution in [0.1, 0.15) is 36.0 Å². The molecular weight excluding hydrogens is 430 g/mol. The van der Waals surface area contributed by atoms with Gasteiger partial charge in [0, 0.05) is 17.4 Å². The first-order chi connectivity index (χ1) is 16.1. The molecule has 1 saturated heterocycles. The first kappa shape index (κ1) is 21.2. The fraction of sp³-hybridized carbons (Fsp3) is 0.185. The second-order valence-corrected chi connectivity index (χ2v) is 8.38. The van der Waals surface area contributed by atoms with E-state index in [-0.39, 0.29) is 12.1 Å². The lowest BCUT2D eigenvalue weighted by Gasteiger charge is -2.26. The number of anilines is 1. The fourth-order valence-electron chi connectivity index (χ4n) is 4.25. The standard InChI is InChI=1S/C27H25N3O2S/c1-3-31-21-12-10-19(11-13-21)23-14-15-24(32-23)26-25(22-9-4-5-16-28-22)29-27(33)30(26)20-8-6-7-18(2)17-20/h4-17,25-26H,3H2,1-2H3,(H,29,33)/t25-,26-/m0/s1. The van der Waals surface area contributed by atoms with E-state index in [9.17, 15) is 0 Å². The van der Waals surface area contributed by atoms with Gasteiger partial charge in [-0.05, 0) is 92.3 Å². The van der Waals surface area contributed by atoms with Gasteiger partial charge in [0.05, 0.1) is 18.3 Å². The Kier molecular flexibility index (Phi) is 5.84. The van der Waals surface area contributed by atoms with Crippen LogP contribution >= 0.6 is 12.2 Å². The molecule has 0 aliphatic carbocycles. The summed E-state index contributed by atoms with van der Waals surface area (Å²) in [4.78, 5) is 6.73. The summed E-state index contributed by atoms with van der Waals surface area (Å²) in [6, 6.07) is 25.9. The highest BCUT2D eigenvalue weighted by molar-refractivity contribution is 7.80. The highest BCUT2D eigenvalue weighted by Gasteiger charge is 2.42. The number of hydrogen-bond acceptors (Lipinski definition) is 4. The van der Waals surface area contributed by atoms with E-state index < -0.39 is 0 Å². The Labute approximate surface area is 199 Å². The summed E-state index contributed by atoms with van der Waals surface area (Å²) in [6.45, 7) is 4.70. The molecule has 0 saturated carbocycles. The number of benzene rings is 2. The second kappa shape index (κ2) is 9.08. The van der Waals surface area contributed by atoms with E-state index >= 15 is 0 Å². The normalized spacial score (nSPS) is 17.8. The van der Waals surface area contributed by atoms with Gasteiger partial charge >= 0.3 is 0 Å². The molecule has 6 heteroatoms. The van der Waals surface area contributed by atoms with E-state index in [0.717, 1.165) is 34.2 Å². The molecule has 0 bridgehead atoms. The number of furan rings is 1. The summed E-state index contributed by atoms with van der Waals surface area (Å²) in [7, 11) is 0. The molecule has 5 nitrogen and oxygen atoms in total. The molecule has 33 heavy (non-hydrogen) atoms. The molecule has 0 radical (unpaired) electrons. The number of hydrogen-bond donors (Lipinski definition) is 1. The first-order valence-electron chi connectivity index (χ1n) is 11.0. The average Bonchev–Trinajstić information content (AvgIpc) is 3.45. The summed E-state index contributed by atoms with van der Waals surface area (Å²) in [6.07, 6.45) is 1.81. The lowest BCUT2D eigenvalue weighted by atomic mass is 10.0. The molecule has 1 aliphatic rings. The van der Waals surface area contributed by atoms with E-state index in [2.05, 4.69) is 40.3 Å². The molecule has 1 N–H and O–H groups in total. The fourth-order valence-corrected chi connectivity index (χ4v) is 4.59. The molecule has 1 aliphatic heterocycles. The average molecular weight is 456 g/mol. The quantitative estimate of drug-likeness (QED) is 0.348. The molecule has 4 aromatic rings. The Bertz CT molecular complexity index is 1250. The molecule has 0 unspecified atom stereocenters. The zero-order valence-electron chi connectivity index (χ0n) is 18.6.